The van der Waals surface area contributed by atoms with Crippen molar-refractivity contribution in [2.45, 2.75) is 45.9 Å². The molecule has 0 radical (unpaired) electrons. The van der Waals surface area contributed by atoms with Crippen molar-refractivity contribution in [1.82, 2.24) is 5.32 Å². The standard InChI is InChI=1S/C15H23NO3/c1-4-13(14(17)11(2)3)16-15(18)19-10-12-8-6-5-7-9-12/h5-9,11,13-14,17H,4,10H2,1-3H3,(H,16,18). The number of hydrogen-bond acceptors (Lipinski definition) is 3. The van der Waals surface area contributed by atoms with Crippen LogP contribution in [0.2, 0.25) is 0 Å². The van der Waals surface area contributed by atoms with Gasteiger partial charge in [0.25, 0.3) is 0 Å². The molecule has 2 unspecified atom stereocenters. The maximum atomic E-state index is 11.7. The minimum Gasteiger partial charge on any atom is -0.445 e. The number of alkyl carbamates (subject to hydrolysis) is 1. The molecule has 0 aliphatic carbocycles. The van der Waals surface area contributed by atoms with Gasteiger partial charge >= 0.3 is 6.09 Å². The highest BCUT2D eigenvalue weighted by Crippen LogP contribution is 2.09. The van der Waals surface area contributed by atoms with E-state index in [1.54, 1.807) is 0 Å². The first-order chi connectivity index (χ1) is 9.04. The molecule has 1 aromatic carbocycles. The third-order valence-electron chi connectivity index (χ3n) is 3.05. The van der Waals surface area contributed by atoms with E-state index in [1.807, 2.05) is 51.1 Å². The van der Waals surface area contributed by atoms with Crippen LogP contribution in [-0.4, -0.2) is 23.3 Å². The van der Waals surface area contributed by atoms with Crippen LogP contribution in [0.25, 0.3) is 0 Å². The predicted octanol–water partition coefficient (Wildman–Crippen LogP) is 2.71. The molecule has 1 rings (SSSR count). The molecule has 0 aliphatic heterocycles. The summed E-state index contributed by atoms with van der Waals surface area (Å²) in [4.78, 5) is 11.7. The second-order valence-electron chi connectivity index (χ2n) is 4.96. The molecule has 2 N–H and O–H groups in total. The Morgan fingerprint density at radius 3 is 2.47 bits per heavy atom. The van der Waals surface area contributed by atoms with Crippen LogP contribution in [0.1, 0.15) is 32.8 Å². The number of carbonyl (C=O) groups is 1. The third kappa shape index (κ3) is 5.30. The molecular weight excluding hydrogens is 242 g/mol. The van der Waals surface area contributed by atoms with Gasteiger partial charge in [-0.2, -0.15) is 0 Å². The van der Waals surface area contributed by atoms with E-state index in [9.17, 15) is 9.90 Å². The second-order valence-corrected chi connectivity index (χ2v) is 4.96. The lowest BCUT2D eigenvalue weighted by Crippen LogP contribution is -2.45. The number of aliphatic hydroxyl groups is 1. The first-order valence-corrected chi connectivity index (χ1v) is 6.69. The van der Waals surface area contributed by atoms with Crippen molar-refractivity contribution in [2.75, 3.05) is 0 Å². The zero-order valence-corrected chi connectivity index (χ0v) is 11.8. The number of aliphatic hydroxyl groups excluding tert-OH is 1. The fourth-order valence-electron chi connectivity index (χ4n) is 1.81. The Hall–Kier alpha value is -1.55. The summed E-state index contributed by atoms with van der Waals surface area (Å²) >= 11 is 0. The maximum absolute atomic E-state index is 11.7. The summed E-state index contributed by atoms with van der Waals surface area (Å²) in [5.41, 5.74) is 0.940. The van der Waals surface area contributed by atoms with Crippen LogP contribution in [-0.2, 0) is 11.3 Å². The molecular formula is C15H23NO3. The average molecular weight is 265 g/mol. The zero-order valence-electron chi connectivity index (χ0n) is 11.8. The zero-order chi connectivity index (χ0) is 14.3. The second kappa shape index (κ2) is 7.79. The quantitative estimate of drug-likeness (QED) is 0.831. The molecule has 4 nitrogen and oxygen atoms in total. The third-order valence-corrected chi connectivity index (χ3v) is 3.05. The van der Waals surface area contributed by atoms with Crippen molar-refractivity contribution in [1.29, 1.82) is 0 Å². The molecule has 0 spiro atoms. The number of rotatable bonds is 6. The lowest BCUT2D eigenvalue weighted by molar-refractivity contribution is 0.0717. The maximum Gasteiger partial charge on any atom is 0.407 e. The van der Waals surface area contributed by atoms with Crippen LogP contribution in [0.15, 0.2) is 30.3 Å². The van der Waals surface area contributed by atoms with Crippen molar-refractivity contribution >= 4 is 6.09 Å². The molecule has 0 fully saturated rings. The summed E-state index contributed by atoms with van der Waals surface area (Å²) in [5.74, 6) is 0.0966. The molecule has 19 heavy (non-hydrogen) atoms. The van der Waals surface area contributed by atoms with Crippen LogP contribution in [0.4, 0.5) is 4.79 Å². The van der Waals surface area contributed by atoms with Gasteiger partial charge in [0, 0.05) is 0 Å². The summed E-state index contributed by atoms with van der Waals surface area (Å²) in [7, 11) is 0. The van der Waals surface area contributed by atoms with Gasteiger partial charge in [-0.25, -0.2) is 4.79 Å². The van der Waals surface area contributed by atoms with E-state index in [2.05, 4.69) is 5.32 Å². The van der Waals surface area contributed by atoms with Gasteiger partial charge in [-0.05, 0) is 17.9 Å². The molecule has 0 aromatic heterocycles. The van der Waals surface area contributed by atoms with Crippen LogP contribution >= 0.6 is 0 Å². The Bertz CT molecular complexity index is 378. The molecule has 0 saturated carbocycles. The Morgan fingerprint density at radius 2 is 1.95 bits per heavy atom. The lowest BCUT2D eigenvalue weighted by Gasteiger charge is -2.25. The van der Waals surface area contributed by atoms with Crippen LogP contribution in [0.5, 0.6) is 0 Å². The average Bonchev–Trinajstić information content (AvgIpc) is 2.42. The minimum atomic E-state index is -0.561. The summed E-state index contributed by atoms with van der Waals surface area (Å²) in [6.45, 7) is 6.00. The summed E-state index contributed by atoms with van der Waals surface area (Å²) < 4.78 is 5.13. The van der Waals surface area contributed by atoms with Gasteiger partial charge in [-0.3, -0.25) is 0 Å². The van der Waals surface area contributed by atoms with Crippen molar-refractivity contribution in [3.8, 4) is 0 Å². The van der Waals surface area contributed by atoms with E-state index in [-0.39, 0.29) is 18.6 Å². The van der Waals surface area contributed by atoms with Crippen molar-refractivity contribution in [3.63, 3.8) is 0 Å². The summed E-state index contributed by atoms with van der Waals surface area (Å²) in [5, 5.41) is 12.7. The number of carbonyl (C=O) groups excluding carboxylic acids is 1. The number of hydrogen-bond donors (Lipinski definition) is 2. The SMILES string of the molecule is CCC(NC(=O)OCc1ccccc1)C(O)C(C)C. The monoisotopic (exact) mass is 265 g/mol. The minimum absolute atomic E-state index is 0.0966. The topological polar surface area (TPSA) is 58.6 Å². The highest BCUT2D eigenvalue weighted by molar-refractivity contribution is 5.67. The molecule has 1 amide bonds. The Labute approximate surface area is 114 Å². The van der Waals surface area contributed by atoms with E-state index in [0.717, 1.165) is 5.56 Å². The Kier molecular flexibility index (Phi) is 6.36. The molecule has 1 aromatic rings. The predicted molar refractivity (Wildman–Crippen MR) is 74.7 cm³/mol. The van der Waals surface area contributed by atoms with Gasteiger partial charge in [-0.1, -0.05) is 51.1 Å². The largest absolute Gasteiger partial charge is 0.445 e. The lowest BCUT2D eigenvalue weighted by atomic mass is 9.98. The van der Waals surface area contributed by atoms with Gasteiger partial charge in [0.15, 0.2) is 0 Å². The summed E-state index contributed by atoms with van der Waals surface area (Å²) in [6.07, 6.45) is -0.385. The molecule has 4 heteroatoms. The Morgan fingerprint density at radius 1 is 1.32 bits per heavy atom. The molecule has 0 aliphatic rings. The van der Waals surface area contributed by atoms with Crippen LogP contribution < -0.4 is 5.32 Å². The fourth-order valence-corrected chi connectivity index (χ4v) is 1.81. The number of nitrogens with one attached hydrogen (secondary N) is 1. The van der Waals surface area contributed by atoms with Gasteiger partial charge in [0.1, 0.15) is 6.61 Å². The molecule has 0 heterocycles. The van der Waals surface area contributed by atoms with Crippen molar-refractivity contribution in [3.05, 3.63) is 35.9 Å². The molecule has 0 saturated heterocycles. The smallest absolute Gasteiger partial charge is 0.407 e. The van der Waals surface area contributed by atoms with Gasteiger partial charge in [-0.15, -0.1) is 0 Å². The van der Waals surface area contributed by atoms with Crippen molar-refractivity contribution < 1.29 is 14.6 Å². The summed E-state index contributed by atoms with van der Waals surface area (Å²) in [6, 6.07) is 9.22. The van der Waals surface area contributed by atoms with E-state index in [0.29, 0.717) is 6.42 Å². The molecule has 106 valence electrons. The fraction of sp³-hybridized carbons (Fsp3) is 0.533. The highest BCUT2D eigenvalue weighted by Gasteiger charge is 2.22. The van der Waals surface area contributed by atoms with Gasteiger partial charge < -0.3 is 15.2 Å². The van der Waals surface area contributed by atoms with Crippen LogP contribution in [0.3, 0.4) is 0 Å². The van der Waals surface area contributed by atoms with Gasteiger partial charge in [0.05, 0.1) is 12.1 Å². The van der Waals surface area contributed by atoms with E-state index < -0.39 is 12.2 Å². The van der Waals surface area contributed by atoms with E-state index >= 15 is 0 Å². The number of benzene rings is 1. The number of amides is 1. The van der Waals surface area contributed by atoms with E-state index in [1.165, 1.54) is 0 Å². The van der Waals surface area contributed by atoms with Crippen LogP contribution in [0, 0.1) is 5.92 Å². The molecule has 2 atom stereocenters. The van der Waals surface area contributed by atoms with E-state index in [4.69, 9.17) is 4.74 Å². The van der Waals surface area contributed by atoms with Gasteiger partial charge in [0.2, 0.25) is 0 Å². The normalized spacial score (nSPS) is 13.9. The first-order valence-electron chi connectivity index (χ1n) is 6.69. The highest BCUT2D eigenvalue weighted by atomic mass is 16.5. The first kappa shape index (κ1) is 15.5. The number of ether oxygens (including phenoxy) is 1. The Balaban J connectivity index is 2.41. The van der Waals surface area contributed by atoms with Crippen molar-refractivity contribution in [2.24, 2.45) is 5.92 Å². The molecule has 0 bridgehead atoms.